The van der Waals surface area contributed by atoms with E-state index in [9.17, 15) is 0 Å². The van der Waals surface area contributed by atoms with Crippen molar-refractivity contribution in [1.29, 1.82) is 0 Å². The molecule has 19 heavy (non-hydrogen) atoms. The van der Waals surface area contributed by atoms with Crippen LogP contribution in [0.4, 0.5) is 0 Å². The van der Waals surface area contributed by atoms with Gasteiger partial charge in [-0.15, -0.1) is 13.8 Å². The quantitative estimate of drug-likeness (QED) is 0.371. The average molecular weight is 408 g/mol. The predicted molar refractivity (Wildman–Crippen MR) is 77.9 cm³/mol. The zero-order valence-corrected chi connectivity index (χ0v) is 17.0. The summed E-state index contributed by atoms with van der Waals surface area (Å²) in [6.45, 7) is 15.2. The molecule has 0 saturated carbocycles. The van der Waals surface area contributed by atoms with Crippen LogP contribution in [0.1, 0.15) is 34.6 Å². The monoisotopic (exact) mass is 408 g/mol. The van der Waals surface area contributed by atoms with E-state index < -0.39 is 0 Å². The van der Waals surface area contributed by atoms with E-state index in [1.54, 1.807) is 19.9 Å². The fourth-order valence-corrected chi connectivity index (χ4v) is 0.643. The molecule has 0 fully saturated rings. The molecule has 1 heterocycles. The molecule has 4 heteroatoms. The Labute approximate surface area is 170 Å². The summed E-state index contributed by atoms with van der Waals surface area (Å²) in [5, 5.41) is 0. The first-order valence-electron chi connectivity index (χ1n) is 4.86. The number of allylic oxidation sites excluding steroid dienone is 5. The first kappa shape index (κ1) is 31.7. The Morgan fingerprint density at radius 1 is 1.32 bits per heavy atom. The van der Waals surface area contributed by atoms with Crippen molar-refractivity contribution in [2.45, 2.75) is 34.6 Å². The first-order chi connectivity index (χ1) is 7.72. The van der Waals surface area contributed by atoms with Gasteiger partial charge in [0.1, 0.15) is 0 Å². The van der Waals surface area contributed by atoms with Crippen LogP contribution in [0.25, 0.3) is 0 Å². The van der Waals surface area contributed by atoms with Gasteiger partial charge in [-0.2, -0.15) is 6.21 Å². The van der Waals surface area contributed by atoms with Crippen LogP contribution in [-0.4, -0.2) is 12.4 Å². The molecule has 2 nitrogen and oxygen atoms in total. The maximum Gasteiger partial charge on any atom is 0.0332 e. The molecule has 0 aromatic carbocycles. The van der Waals surface area contributed by atoms with Crippen molar-refractivity contribution in [3.8, 4) is 0 Å². The third kappa shape index (κ3) is 38.1. The smallest absolute Gasteiger partial charge is 0.0332 e. The van der Waals surface area contributed by atoms with Crippen LogP contribution in [-0.2, 0) is 65.4 Å². The van der Waals surface area contributed by atoms with E-state index in [0.29, 0.717) is 0 Å². The fourth-order valence-electron chi connectivity index (χ4n) is 0.643. The van der Waals surface area contributed by atoms with Crippen LogP contribution in [0.2, 0.25) is 0 Å². The maximum absolute atomic E-state index is 4.90. The van der Waals surface area contributed by atoms with Gasteiger partial charge in [-0.3, -0.25) is 4.99 Å². The van der Waals surface area contributed by atoms with Crippen LogP contribution in [0.15, 0.2) is 40.1 Å². The van der Waals surface area contributed by atoms with Gasteiger partial charge in [0.15, 0.2) is 0 Å². The van der Waals surface area contributed by atoms with Gasteiger partial charge < -0.3 is 42.6 Å². The van der Waals surface area contributed by atoms with Crippen molar-refractivity contribution in [2.24, 2.45) is 9.98 Å². The molecule has 0 aliphatic carbocycles. The Bertz CT molecular complexity index is 272. The SMILES string of the molecule is C.CC1=CCC=N1.[CH-]=CC=[C-]C.[CH-]=CN=[C-]C.[Y].[Y]. The minimum atomic E-state index is 0. The molecular formula is C15H22N2Y2-4. The van der Waals surface area contributed by atoms with E-state index in [4.69, 9.17) is 13.2 Å². The molecule has 0 aromatic heterocycles. The summed E-state index contributed by atoms with van der Waals surface area (Å²) >= 11 is 0. The minimum Gasteiger partial charge on any atom is -0.601 e. The molecule has 0 atom stereocenters. The number of hydrogen-bond donors (Lipinski definition) is 0. The molecule has 1 aliphatic rings. The Kier molecular flexibility index (Phi) is 52.0. The second-order valence-corrected chi connectivity index (χ2v) is 2.54. The third-order valence-corrected chi connectivity index (χ3v) is 1.28. The molecule has 2 radical (unpaired) electrons. The minimum absolute atomic E-state index is 0. The third-order valence-electron chi connectivity index (χ3n) is 1.28. The van der Waals surface area contributed by atoms with E-state index >= 15 is 0 Å². The molecule has 0 N–H and O–H groups in total. The van der Waals surface area contributed by atoms with Crippen LogP contribution in [0.5, 0.6) is 0 Å². The predicted octanol–water partition coefficient (Wildman–Crippen LogP) is 4.25. The van der Waals surface area contributed by atoms with E-state index in [-0.39, 0.29) is 72.8 Å². The molecule has 0 aromatic rings. The fraction of sp³-hybridized carbons (Fsp3) is 0.333. The standard InChI is InChI=1S/C5H7N.C5H6.C4H5N.CH4.2Y/c1-5-3-2-4-6-5;2*1-3-5-4-2;;;/h3-4H,2H2,1H3;1,3,5H,2H3;1,3H,2H3;1H4;;/q;2*-2;;;. The van der Waals surface area contributed by atoms with Gasteiger partial charge in [0.2, 0.25) is 0 Å². The van der Waals surface area contributed by atoms with Gasteiger partial charge in [0, 0.05) is 83.8 Å². The van der Waals surface area contributed by atoms with Gasteiger partial charge in [-0.25, -0.2) is 0 Å². The Hall–Kier alpha value is 0.508. The van der Waals surface area contributed by atoms with Crippen LogP contribution in [0.3, 0.4) is 0 Å². The second kappa shape index (κ2) is 31.1. The van der Waals surface area contributed by atoms with Gasteiger partial charge in [0.05, 0.1) is 0 Å². The molecule has 1 rings (SSSR count). The second-order valence-electron chi connectivity index (χ2n) is 2.54. The van der Waals surface area contributed by atoms with Crippen molar-refractivity contribution >= 4 is 12.4 Å². The number of aliphatic imine (C=N–C) groups is 2. The molecular weight excluding hydrogens is 386 g/mol. The largest absolute Gasteiger partial charge is 0.601 e. The van der Waals surface area contributed by atoms with E-state index in [1.165, 1.54) is 12.3 Å². The van der Waals surface area contributed by atoms with Gasteiger partial charge in [0.25, 0.3) is 0 Å². The summed E-state index contributed by atoms with van der Waals surface area (Å²) < 4.78 is 0. The van der Waals surface area contributed by atoms with Crippen LogP contribution >= 0.6 is 0 Å². The number of nitrogens with zero attached hydrogens (tertiary/aromatic N) is 2. The maximum atomic E-state index is 4.90. The summed E-state index contributed by atoms with van der Waals surface area (Å²) in [5.74, 6) is 0. The summed E-state index contributed by atoms with van der Waals surface area (Å²) in [4.78, 5) is 7.35. The topological polar surface area (TPSA) is 24.7 Å². The Morgan fingerprint density at radius 2 is 1.89 bits per heavy atom. The summed E-state index contributed by atoms with van der Waals surface area (Å²) in [5.41, 5.74) is 1.15. The van der Waals surface area contributed by atoms with Crippen molar-refractivity contribution in [1.82, 2.24) is 0 Å². The normalized spacial score (nSPS) is 10.6. The van der Waals surface area contributed by atoms with Crippen LogP contribution < -0.4 is 0 Å². The molecule has 0 bridgehead atoms. The molecule has 0 saturated heterocycles. The summed E-state index contributed by atoms with van der Waals surface area (Å²) in [6, 6.07) is 0. The van der Waals surface area contributed by atoms with Crippen molar-refractivity contribution in [2.75, 3.05) is 0 Å². The molecule has 1 aliphatic heterocycles. The zero-order valence-electron chi connectivity index (χ0n) is 11.3. The number of rotatable bonds is 2. The molecule has 0 amide bonds. The van der Waals surface area contributed by atoms with Gasteiger partial charge in [-0.1, -0.05) is 13.5 Å². The average Bonchev–Trinajstić information content (AvgIpc) is 2.73. The molecule has 0 spiro atoms. The van der Waals surface area contributed by atoms with Crippen LogP contribution in [0, 0.1) is 19.2 Å². The van der Waals surface area contributed by atoms with Crippen molar-refractivity contribution < 1.29 is 65.4 Å². The Balaban J connectivity index is -0.0000000482. The van der Waals surface area contributed by atoms with Crippen molar-refractivity contribution in [3.05, 3.63) is 49.4 Å². The first-order valence-corrected chi connectivity index (χ1v) is 4.86. The van der Waals surface area contributed by atoms with Crippen molar-refractivity contribution in [3.63, 3.8) is 0 Å². The van der Waals surface area contributed by atoms with Gasteiger partial charge >= 0.3 is 0 Å². The number of hydrogen-bond acceptors (Lipinski definition) is 2. The Morgan fingerprint density at radius 3 is 1.95 bits per heavy atom. The van der Waals surface area contributed by atoms with Gasteiger partial charge in [-0.05, 0) is 6.92 Å². The summed E-state index contributed by atoms with van der Waals surface area (Å²) in [7, 11) is 0. The van der Waals surface area contributed by atoms with E-state index in [2.05, 4.69) is 28.4 Å². The van der Waals surface area contributed by atoms with E-state index in [1.807, 2.05) is 13.1 Å². The van der Waals surface area contributed by atoms with E-state index in [0.717, 1.165) is 12.1 Å². The summed E-state index contributed by atoms with van der Waals surface area (Å²) in [6.07, 6.45) is 14.5. The molecule has 102 valence electrons. The zero-order chi connectivity index (χ0) is 12.6. The molecule has 0 unspecified atom stereocenters.